The molecule has 0 bridgehead atoms. The molecule has 6 unspecified atom stereocenters. The first-order valence-electron chi connectivity index (χ1n) is 9.23. The molecule has 0 aromatic rings. The number of hydrogen-bond acceptors (Lipinski definition) is 1. The molecule has 0 amide bonds. The van der Waals surface area contributed by atoms with Gasteiger partial charge in [-0.05, 0) is 97.7 Å². The molecule has 0 N–H and O–H groups in total. The van der Waals surface area contributed by atoms with Crippen molar-refractivity contribution in [3.8, 4) is 0 Å². The topological polar surface area (TPSA) is 0 Å². The summed E-state index contributed by atoms with van der Waals surface area (Å²) in [6, 6.07) is 0. The van der Waals surface area contributed by atoms with Crippen molar-refractivity contribution in [1.29, 1.82) is 0 Å². The zero-order valence-corrected chi connectivity index (χ0v) is 14.6. The Balaban J connectivity index is 1.68. The molecule has 6 atom stereocenters. The molecule has 0 aliphatic heterocycles. The number of fused-ring (bicyclic) bond motifs is 5. The van der Waals surface area contributed by atoms with Gasteiger partial charge >= 0.3 is 0 Å². The van der Waals surface area contributed by atoms with Crippen LogP contribution in [0.25, 0.3) is 0 Å². The molecule has 1 heteroatoms. The van der Waals surface area contributed by atoms with Crippen LogP contribution in [0, 0.1) is 34.5 Å². The van der Waals surface area contributed by atoms with Gasteiger partial charge in [-0.25, -0.2) is 0 Å². The van der Waals surface area contributed by atoms with Crippen LogP contribution in [0.4, 0.5) is 0 Å². The molecule has 4 aliphatic rings. The van der Waals surface area contributed by atoms with Gasteiger partial charge in [0.15, 0.2) is 0 Å². The van der Waals surface area contributed by atoms with Crippen LogP contribution in [0.5, 0.6) is 0 Å². The molecular formula is C20H30S. The third-order valence-electron chi connectivity index (χ3n) is 8.27. The summed E-state index contributed by atoms with van der Waals surface area (Å²) in [5, 5.41) is 2.02. The van der Waals surface area contributed by atoms with E-state index < -0.39 is 0 Å². The molecule has 4 aliphatic carbocycles. The zero-order chi connectivity index (χ0) is 14.7. The van der Waals surface area contributed by atoms with E-state index in [-0.39, 0.29) is 0 Å². The third kappa shape index (κ3) is 1.89. The van der Waals surface area contributed by atoms with Crippen molar-refractivity contribution < 1.29 is 0 Å². The van der Waals surface area contributed by atoms with E-state index in [0.29, 0.717) is 10.8 Å². The van der Waals surface area contributed by atoms with Crippen molar-refractivity contribution in [1.82, 2.24) is 0 Å². The number of thiocarbonyl (C=S) groups is 1. The summed E-state index contributed by atoms with van der Waals surface area (Å²) in [6.45, 7) is 5.25. The second kappa shape index (κ2) is 4.91. The SMILES string of the molecule is CC12CCCC=C1CCC1C2CC2(C)C(CC=S)CCC12. The molecule has 0 nitrogen and oxygen atoms in total. The Morgan fingerprint density at radius 3 is 2.90 bits per heavy atom. The minimum absolute atomic E-state index is 0.552. The standard InChI is InChI=1S/C20H30S/c1-19-11-4-3-5-14(19)6-8-16-17-9-7-15(10-12-21)20(17,2)13-18(16)19/h5,12,15-18H,3-4,6-11,13H2,1-2H3. The average molecular weight is 303 g/mol. The fourth-order valence-corrected chi connectivity index (χ4v) is 7.38. The number of rotatable bonds is 2. The third-order valence-corrected chi connectivity index (χ3v) is 8.46. The lowest BCUT2D eigenvalue weighted by Gasteiger charge is -2.48. The van der Waals surface area contributed by atoms with E-state index in [1.54, 1.807) is 0 Å². The predicted molar refractivity (Wildman–Crippen MR) is 93.5 cm³/mol. The maximum atomic E-state index is 5.21. The molecular weight excluding hydrogens is 272 g/mol. The van der Waals surface area contributed by atoms with Crippen LogP contribution in [-0.2, 0) is 0 Å². The van der Waals surface area contributed by atoms with Crippen LogP contribution in [0.2, 0.25) is 0 Å². The van der Waals surface area contributed by atoms with E-state index in [2.05, 4.69) is 19.9 Å². The second-order valence-corrected chi connectivity index (χ2v) is 9.17. The van der Waals surface area contributed by atoms with E-state index in [4.69, 9.17) is 12.2 Å². The Morgan fingerprint density at radius 2 is 2.10 bits per heavy atom. The maximum Gasteiger partial charge on any atom is -0.00851 e. The average Bonchev–Trinajstić information content (AvgIpc) is 2.93. The molecule has 0 radical (unpaired) electrons. The predicted octanol–water partition coefficient (Wildman–Crippen LogP) is 5.96. The van der Waals surface area contributed by atoms with Crippen molar-refractivity contribution in [3.05, 3.63) is 11.6 Å². The van der Waals surface area contributed by atoms with Gasteiger partial charge in [0.05, 0.1) is 0 Å². The molecule has 3 fully saturated rings. The first-order valence-corrected chi connectivity index (χ1v) is 9.70. The van der Waals surface area contributed by atoms with Crippen LogP contribution >= 0.6 is 12.2 Å². The minimum Gasteiger partial charge on any atom is -0.0935 e. The molecule has 116 valence electrons. The van der Waals surface area contributed by atoms with Gasteiger partial charge in [-0.1, -0.05) is 37.7 Å². The summed E-state index contributed by atoms with van der Waals surface area (Å²) in [7, 11) is 0. The zero-order valence-electron chi connectivity index (χ0n) is 13.7. The number of hydrogen-bond donors (Lipinski definition) is 0. The van der Waals surface area contributed by atoms with E-state index in [1.165, 1.54) is 57.8 Å². The Bertz CT molecular complexity index is 478. The van der Waals surface area contributed by atoms with Gasteiger partial charge in [0.1, 0.15) is 0 Å². The molecule has 0 saturated heterocycles. The Kier molecular flexibility index (Phi) is 3.37. The molecule has 3 saturated carbocycles. The Labute approximate surface area is 135 Å². The smallest absolute Gasteiger partial charge is 0.00851 e. The van der Waals surface area contributed by atoms with Crippen LogP contribution < -0.4 is 0 Å². The van der Waals surface area contributed by atoms with Gasteiger partial charge in [-0.3, -0.25) is 0 Å². The Morgan fingerprint density at radius 1 is 1.24 bits per heavy atom. The largest absolute Gasteiger partial charge is 0.0935 e. The first-order chi connectivity index (χ1) is 10.1. The van der Waals surface area contributed by atoms with Crippen LogP contribution in [-0.4, -0.2) is 5.37 Å². The summed E-state index contributed by atoms with van der Waals surface area (Å²) in [4.78, 5) is 0. The quantitative estimate of drug-likeness (QED) is 0.448. The highest BCUT2D eigenvalue weighted by Gasteiger charge is 2.61. The lowest BCUT2D eigenvalue weighted by Crippen LogP contribution is -2.39. The van der Waals surface area contributed by atoms with Gasteiger partial charge in [-0.2, -0.15) is 0 Å². The summed E-state index contributed by atoms with van der Waals surface area (Å²) >= 11 is 5.21. The maximum absolute atomic E-state index is 5.21. The van der Waals surface area contributed by atoms with Gasteiger partial charge in [0.2, 0.25) is 0 Å². The fourth-order valence-electron chi connectivity index (χ4n) is 7.15. The fraction of sp³-hybridized carbons (Fsp3) is 0.850. The van der Waals surface area contributed by atoms with E-state index in [1.807, 2.05) is 10.9 Å². The van der Waals surface area contributed by atoms with Crippen LogP contribution in [0.1, 0.15) is 71.6 Å². The van der Waals surface area contributed by atoms with Crippen LogP contribution in [0.3, 0.4) is 0 Å². The van der Waals surface area contributed by atoms with E-state index >= 15 is 0 Å². The summed E-state index contributed by atoms with van der Waals surface area (Å²) in [5.41, 5.74) is 2.99. The normalized spacial score (nSPS) is 51.8. The van der Waals surface area contributed by atoms with Crippen LogP contribution in [0.15, 0.2) is 11.6 Å². The highest BCUT2D eigenvalue weighted by atomic mass is 32.1. The van der Waals surface area contributed by atoms with Gasteiger partial charge in [-0.15, -0.1) is 0 Å². The van der Waals surface area contributed by atoms with Crippen molar-refractivity contribution in [2.75, 3.05) is 0 Å². The molecule has 0 spiro atoms. The summed E-state index contributed by atoms with van der Waals surface area (Å²) in [5.74, 6) is 3.87. The monoisotopic (exact) mass is 302 g/mol. The Hall–Kier alpha value is -0.170. The highest BCUT2D eigenvalue weighted by Crippen LogP contribution is 2.70. The minimum atomic E-state index is 0.552. The second-order valence-electron chi connectivity index (χ2n) is 8.84. The van der Waals surface area contributed by atoms with E-state index in [9.17, 15) is 0 Å². The molecule has 0 heterocycles. The molecule has 21 heavy (non-hydrogen) atoms. The molecule has 4 rings (SSSR count). The van der Waals surface area contributed by atoms with Crippen molar-refractivity contribution in [3.63, 3.8) is 0 Å². The lowest BCUT2D eigenvalue weighted by atomic mass is 9.56. The van der Waals surface area contributed by atoms with Gasteiger partial charge in [0.25, 0.3) is 0 Å². The highest BCUT2D eigenvalue weighted by molar-refractivity contribution is 7.78. The van der Waals surface area contributed by atoms with E-state index in [0.717, 1.165) is 23.7 Å². The summed E-state index contributed by atoms with van der Waals surface area (Å²) in [6.07, 6.45) is 15.3. The van der Waals surface area contributed by atoms with Crippen molar-refractivity contribution >= 4 is 17.6 Å². The van der Waals surface area contributed by atoms with Gasteiger partial charge in [0, 0.05) is 0 Å². The molecule has 0 aromatic heterocycles. The van der Waals surface area contributed by atoms with Crippen molar-refractivity contribution in [2.45, 2.75) is 71.6 Å². The van der Waals surface area contributed by atoms with Gasteiger partial charge < -0.3 is 0 Å². The lowest BCUT2D eigenvalue weighted by molar-refractivity contribution is 0.0988. The summed E-state index contributed by atoms with van der Waals surface area (Å²) < 4.78 is 0. The number of allylic oxidation sites excluding steroid dienone is 2. The molecule has 0 aromatic carbocycles. The van der Waals surface area contributed by atoms with Crippen molar-refractivity contribution in [2.24, 2.45) is 34.5 Å². The first kappa shape index (κ1) is 14.4.